The molecule has 0 aliphatic rings. The normalized spacial score (nSPS) is 6.00. The van der Waals surface area contributed by atoms with Gasteiger partial charge in [0.15, 0.2) is 0 Å². The van der Waals surface area contributed by atoms with Crippen molar-refractivity contribution in [2.24, 2.45) is 0 Å². The molecule has 0 radical (unpaired) electrons. The molecule has 4 nitrogen and oxygen atoms in total. The third-order valence-electron chi connectivity index (χ3n) is 0. The quantitative estimate of drug-likeness (QED) is 0.278. The zero-order valence-corrected chi connectivity index (χ0v) is 4.69. The average molecular weight is 158 g/mol. The van der Waals surface area contributed by atoms with Crippen LogP contribution in [0.2, 0.25) is 0 Å². The zero-order chi connectivity index (χ0) is 3.58. The second kappa shape index (κ2) is 9.23. The Kier molecular flexibility index (Phi) is 24.4. The summed E-state index contributed by atoms with van der Waals surface area (Å²) in [5.41, 5.74) is 0. The van der Waals surface area contributed by atoms with E-state index in [9.17, 15) is 0 Å². The minimum atomic E-state index is -2.62. The molecule has 0 aliphatic heterocycles. The number of rotatable bonds is 0. The van der Waals surface area contributed by atoms with Gasteiger partial charge in [-0.25, -0.2) is 0 Å². The molecule has 0 saturated carbocycles. The van der Waals surface area contributed by atoms with Gasteiger partial charge < -0.3 is 20.8 Å². The van der Waals surface area contributed by atoms with Crippen LogP contribution in [-0.4, -0.2) is 14.7 Å². The third-order valence-corrected chi connectivity index (χ3v) is 0. The molecule has 0 unspecified atom stereocenters. The van der Waals surface area contributed by atoms with Gasteiger partial charge in [0.2, 0.25) is 0 Å². The second-order valence-electron chi connectivity index (χ2n) is 0.268. The Morgan fingerprint density at radius 3 is 1.00 bits per heavy atom. The molecule has 0 aromatic carbocycles. The Morgan fingerprint density at radius 2 is 1.00 bits per heavy atom. The fourth-order valence-corrected chi connectivity index (χ4v) is 0. The summed E-state index contributed by atoms with van der Waals surface area (Å²) in [5, 5.41) is 0. The van der Waals surface area contributed by atoms with E-state index in [1.165, 1.54) is 0 Å². The van der Waals surface area contributed by atoms with Gasteiger partial charge in [0.05, 0.1) is 0 Å². The summed E-state index contributed by atoms with van der Waals surface area (Å²) < 4.78 is 0. The van der Waals surface area contributed by atoms with E-state index in [1.807, 2.05) is 0 Å². The summed E-state index contributed by atoms with van der Waals surface area (Å²) in [6, 6.07) is 0. The number of hydrogen-bond donors (Lipinski definition) is 4. The molecule has 0 heterocycles. The Morgan fingerprint density at radius 1 is 1.00 bits per heavy atom. The molecule has 0 aliphatic carbocycles. The summed E-state index contributed by atoms with van der Waals surface area (Å²) in [5.74, 6) is 0. The first-order chi connectivity index (χ1) is 1.73. The minimum absolute atomic E-state index is 0. The topological polar surface area (TPSA) is 95.7 Å². The van der Waals surface area contributed by atoms with Crippen LogP contribution in [0.4, 0.5) is 0 Å². The fourth-order valence-electron chi connectivity index (χ4n) is 0. The number of hydrogen-bond acceptors (Lipinski definition) is 4. The van der Waals surface area contributed by atoms with Crippen LogP contribution in [-0.2, 0) is 16.5 Å². The van der Waals surface area contributed by atoms with E-state index in [1.54, 1.807) is 0 Å². The van der Waals surface area contributed by atoms with Gasteiger partial charge >= 0.3 is 25.1 Å². The van der Waals surface area contributed by atoms with E-state index < -0.39 is 8.60 Å². The van der Waals surface area contributed by atoms with Crippen molar-refractivity contribution in [3.05, 3.63) is 0 Å². The second-order valence-corrected chi connectivity index (χ2v) is 0.805. The minimum Gasteiger partial charge on any atom is -0.344 e. The monoisotopic (exact) mass is 157 g/mol. The van der Waals surface area contributed by atoms with Crippen LogP contribution >= 0.6 is 8.60 Å². The first-order valence-electron chi connectivity index (χ1n) is 0.600. The maximum atomic E-state index is 7.23. The van der Waals surface area contributed by atoms with Gasteiger partial charge in [0.1, 0.15) is 0 Å². The maximum absolute atomic E-state index is 7.23. The van der Waals surface area contributed by atoms with Crippen molar-refractivity contribution in [2.45, 2.75) is 0 Å². The van der Waals surface area contributed by atoms with Gasteiger partial charge in [0.25, 0.3) is 0 Å². The van der Waals surface area contributed by atoms with E-state index in [2.05, 4.69) is 0 Å². The van der Waals surface area contributed by atoms with Crippen LogP contribution in [0.15, 0.2) is 0 Å². The molecule has 0 bridgehead atoms. The summed E-state index contributed by atoms with van der Waals surface area (Å²) in [6.07, 6.45) is 0. The molecule has 6 heteroatoms. The Balaban J connectivity index is -0.0000000450. The van der Waals surface area contributed by atoms with Crippen LogP contribution in [0.5, 0.6) is 0 Å². The molecule has 0 spiro atoms. The molecule has 0 amide bonds. The first kappa shape index (κ1) is 15.9. The standard InChI is InChI=1S/H3N.Ni.H3O3P/c;;1-4(2)3/h1H3;;1-3H/q;+2;. The van der Waals surface area contributed by atoms with Gasteiger partial charge in [-0.15, -0.1) is 0 Å². The molecule has 0 rings (SSSR count). The average Bonchev–Trinajstić information content (AvgIpc) is 0.811. The summed E-state index contributed by atoms with van der Waals surface area (Å²) in [6.45, 7) is 0. The van der Waals surface area contributed by atoms with Crippen molar-refractivity contribution in [1.82, 2.24) is 6.15 Å². The summed E-state index contributed by atoms with van der Waals surface area (Å²) in [7, 11) is -2.62. The largest absolute Gasteiger partial charge is 2.00 e. The Labute approximate surface area is 46.7 Å². The van der Waals surface area contributed by atoms with E-state index in [-0.39, 0.29) is 22.6 Å². The summed E-state index contributed by atoms with van der Waals surface area (Å²) in [4.78, 5) is 21.7. The van der Waals surface area contributed by atoms with Gasteiger partial charge in [-0.1, -0.05) is 0 Å². The molecule has 6 heavy (non-hydrogen) atoms. The van der Waals surface area contributed by atoms with Crippen LogP contribution in [0.3, 0.4) is 0 Å². The van der Waals surface area contributed by atoms with Crippen LogP contribution in [0.25, 0.3) is 0 Å². The van der Waals surface area contributed by atoms with Crippen molar-refractivity contribution in [2.75, 3.05) is 0 Å². The smallest absolute Gasteiger partial charge is 0.344 e. The van der Waals surface area contributed by atoms with Gasteiger partial charge in [-0.2, -0.15) is 0 Å². The zero-order valence-electron chi connectivity index (χ0n) is 2.81. The Hall–Kier alpha value is 0.764. The molecule has 0 aromatic rings. The molecule has 0 aromatic heterocycles. The SMILES string of the molecule is N.OP(O)O.[Ni+2]. The molecule has 6 N–H and O–H groups in total. The third kappa shape index (κ3) is 116. The van der Waals surface area contributed by atoms with Gasteiger partial charge in [0, 0.05) is 0 Å². The molecular weight excluding hydrogens is 152 g/mol. The maximum Gasteiger partial charge on any atom is 2.00 e. The molecule has 0 fully saturated rings. The van der Waals surface area contributed by atoms with Crippen molar-refractivity contribution in [1.29, 1.82) is 0 Å². The van der Waals surface area contributed by atoms with E-state index in [4.69, 9.17) is 14.7 Å². The van der Waals surface area contributed by atoms with Crippen molar-refractivity contribution < 1.29 is 31.2 Å². The van der Waals surface area contributed by atoms with Crippen LogP contribution in [0, 0.1) is 0 Å². The predicted molar refractivity (Wildman–Crippen MR) is 18.6 cm³/mol. The van der Waals surface area contributed by atoms with E-state index in [0.29, 0.717) is 0 Å². The molecular formula is H6NNiO3P+2. The van der Waals surface area contributed by atoms with Crippen molar-refractivity contribution in [3.63, 3.8) is 0 Å². The van der Waals surface area contributed by atoms with Gasteiger partial charge in [-0.05, 0) is 0 Å². The van der Waals surface area contributed by atoms with Crippen molar-refractivity contribution >= 4 is 8.60 Å². The van der Waals surface area contributed by atoms with Crippen molar-refractivity contribution in [3.8, 4) is 0 Å². The molecule has 0 saturated heterocycles. The fraction of sp³-hybridized carbons (Fsp3) is 0. The Bertz CT molecular complexity index is 15.5. The summed E-state index contributed by atoms with van der Waals surface area (Å²) >= 11 is 0. The van der Waals surface area contributed by atoms with Crippen LogP contribution in [0.1, 0.15) is 0 Å². The predicted octanol–water partition coefficient (Wildman–Crippen LogP) is -0.650. The first-order valence-corrected chi connectivity index (χ1v) is 1.80. The van der Waals surface area contributed by atoms with E-state index >= 15 is 0 Å². The molecule has 0 atom stereocenters. The molecule has 42 valence electrons. The van der Waals surface area contributed by atoms with Gasteiger partial charge in [-0.3, -0.25) is 0 Å². The van der Waals surface area contributed by atoms with E-state index in [0.717, 1.165) is 0 Å². The van der Waals surface area contributed by atoms with Crippen LogP contribution < -0.4 is 6.15 Å².